The lowest BCUT2D eigenvalue weighted by Crippen LogP contribution is -2.47. The summed E-state index contributed by atoms with van der Waals surface area (Å²) < 4.78 is 4.69. The van der Waals surface area contributed by atoms with Crippen molar-refractivity contribution in [3.63, 3.8) is 0 Å². The minimum absolute atomic E-state index is 0.0358. The summed E-state index contributed by atoms with van der Waals surface area (Å²) in [6, 6.07) is 9.59. The van der Waals surface area contributed by atoms with E-state index in [2.05, 4.69) is 4.74 Å². The summed E-state index contributed by atoms with van der Waals surface area (Å²) in [6.07, 6.45) is 4.59. The van der Waals surface area contributed by atoms with Crippen LogP contribution in [0.4, 0.5) is 0 Å². The van der Waals surface area contributed by atoms with Crippen LogP contribution in [0.15, 0.2) is 36.4 Å². The molecule has 2 amide bonds. The third-order valence-corrected chi connectivity index (χ3v) is 4.81. The predicted octanol–water partition coefficient (Wildman–Crippen LogP) is 2.35. The summed E-state index contributed by atoms with van der Waals surface area (Å²) in [4.78, 5) is 40.0. The summed E-state index contributed by atoms with van der Waals surface area (Å²) >= 11 is 0. The topological polar surface area (TPSA) is 66.9 Å². The molecule has 1 aromatic carbocycles. The number of hydrogen-bond donors (Lipinski definition) is 0. The van der Waals surface area contributed by atoms with Gasteiger partial charge in [0.25, 0.3) is 0 Å². The second kappa shape index (κ2) is 9.90. The fourth-order valence-electron chi connectivity index (χ4n) is 3.14. The number of likely N-dealkylation sites (tertiary alicyclic amines) is 1. The molecule has 1 aliphatic rings. The molecule has 1 aliphatic heterocycles. The van der Waals surface area contributed by atoms with Crippen LogP contribution in [0, 0.1) is 5.92 Å². The summed E-state index contributed by atoms with van der Waals surface area (Å²) in [5, 5.41) is 0. The molecule has 146 valence electrons. The monoisotopic (exact) mass is 372 g/mol. The molecule has 2 rings (SSSR count). The Labute approximate surface area is 160 Å². The maximum atomic E-state index is 12.8. The molecule has 0 radical (unpaired) electrons. The van der Waals surface area contributed by atoms with Gasteiger partial charge >= 0.3 is 5.97 Å². The molecule has 0 saturated carbocycles. The van der Waals surface area contributed by atoms with Gasteiger partial charge in [0, 0.05) is 31.1 Å². The maximum absolute atomic E-state index is 12.8. The number of amides is 2. The van der Waals surface area contributed by atoms with Crippen molar-refractivity contribution in [2.75, 3.05) is 26.7 Å². The van der Waals surface area contributed by atoms with Gasteiger partial charge in [0.15, 0.2) is 0 Å². The van der Waals surface area contributed by atoms with E-state index in [1.807, 2.05) is 44.2 Å². The maximum Gasteiger partial charge on any atom is 0.325 e. The fraction of sp³-hybridized carbons (Fsp3) is 0.476. The molecular formula is C21H28N2O4. The first-order chi connectivity index (χ1) is 12.9. The van der Waals surface area contributed by atoms with E-state index in [4.69, 9.17) is 0 Å². The summed E-state index contributed by atoms with van der Waals surface area (Å²) in [6.45, 7) is 4.81. The first-order valence-corrected chi connectivity index (χ1v) is 9.31. The fourth-order valence-corrected chi connectivity index (χ4v) is 3.14. The third kappa shape index (κ3) is 5.94. The van der Waals surface area contributed by atoms with Crippen molar-refractivity contribution >= 4 is 23.9 Å². The van der Waals surface area contributed by atoms with E-state index in [0.717, 1.165) is 5.56 Å². The average Bonchev–Trinajstić information content (AvgIpc) is 2.70. The normalized spacial score (nSPS) is 15.2. The minimum atomic E-state index is -0.421. The van der Waals surface area contributed by atoms with Gasteiger partial charge in [-0.15, -0.1) is 0 Å². The number of hydrogen-bond acceptors (Lipinski definition) is 4. The third-order valence-electron chi connectivity index (χ3n) is 4.81. The molecule has 0 atom stereocenters. The molecule has 0 N–H and O–H groups in total. The molecule has 1 aromatic rings. The van der Waals surface area contributed by atoms with Crippen molar-refractivity contribution in [2.45, 2.75) is 32.7 Å². The minimum Gasteiger partial charge on any atom is -0.468 e. The lowest BCUT2D eigenvalue weighted by atomic mass is 9.94. The van der Waals surface area contributed by atoms with E-state index in [1.165, 1.54) is 7.11 Å². The van der Waals surface area contributed by atoms with Crippen molar-refractivity contribution in [1.29, 1.82) is 0 Å². The number of nitrogens with zero attached hydrogens (tertiary/aromatic N) is 2. The van der Waals surface area contributed by atoms with Crippen LogP contribution in [0.3, 0.4) is 0 Å². The molecule has 0 aromatic heterocycles. The van der Waals surface area contributed by atoms with E-state index in [0.29, 0.717) is 25.9 Å². The first kappa shape index (κ1) is 20.7. The van der Waals surface area contributed by atoms with Gasteiger partial charge in [0.05, 0.1) is 7.11 Å². The standard InChI is InChI=1S/C21H28N2O4/c1-16(2)23(15-20(25)27-3)21(26)18-11-13-22(14-12-18)19(24)10-9-17-7-5-4-6-8-17/h4-10,16,18H,11-15H2,1-3H3/b10-9+. The van der Waals surface area contributed by atoms with E-state index >= 15 is 0 Å². The Hall–Kier alpha value is -2.63. The molecule has 1 saturated heterocycles. The van der Waals surface area contributed by atoms with Crippen molar-refractivity contribution in [1.82, 2.24) is 9.80 Å². The van der Waals surface area contributed by atoms with Crippen LogP contribution in [0.1, 0.15) is 32.3 Å². The highest BCUT2D eigenvalue weighted by Gasteiger charge is 2.31. The van der Waals surface area contributed by atoms with E-state index in [-0.39, 0.29) is 30.3 Å². The smallest absolute Gasteiger partial charge is 0.325 e. The molecular weight excluding hydrogens is 344 g/mol. The van der Waals surface area contributed by atoms with E-state index in [1.54, 1.807) is 22.0 Å². The van der Waals surface area contributed by atoms with Gasteiger partial charge < -0.3 is 14.5 Å². The molecule has 1 fully saturated rings. The quantitative estimate of drug-likeness (QED) is 0.568. The summed E-state index contributed by atoms with van der Waals surface area (Å²) in [7, 11) is 1.32. The van der Waals surface area contributed by atoms with E-state index in [9.17, 15) is 14.4 Å². The molecule has 0 spiro atoms. The Balaban J connectivity index is 1.89. The number of rotatable bonds is 6. The number of carbonyl (C=O) groups is 3. The van der Waals surface area contributed by atoms with Crippen molar-refractivity contribution < 1.29 is 19.1 Å². The van der Waals surface area contributed by atoms with Gasteiger partial charge in [0.2, 0.25) is 11.8 Å². The van der Waals surface area contributed by atoms with Crippen LogP contribution in [-0.2, 0) is 19.1 Å². The second-order valence-corrected chi connectivity index (χ2v) is 6.98. The second-order valence-electron chi connectivity index (χ2n) is 6.98. The Bertz CT molecular complexity index is 677. The van der Waals surface area contributed by atoms with Crippen molar-refractivity contribution in [3.8, 4) is 0 Å². The van der Waals surface area contributed by atoms with Gasteiger partial charge in [-0.3, -0.25) is 14.4 Å². The zero-order valence-corrected chi connectivity index (χ0v) is 16.3. The number of methoxy groups -OCH3 is 1. The van der Waals surface area contributed by atoms with Gasteiger partial charge in [-0.1, -0.05) is 30.3 Å². The largest absolute Gasteiger partial charge is 0.468 e. The summed E-state index contributed by atoms with van der Waals surface area (Å²) in [5.41, 5.74) is 0.978. The number of piperidine rings is 1. The molecule has 1 heterocycles. The van der Waals surface area contributed by atoms with Gasteiger partial charge in [-0.05, 0) is 38.3 Å². The average molecular weight is 372 g/mol. The lowest BCUT2D eigenvalue weighted by Gasteiger charge is -2.35. The zero-order valence-electron chi connectivity index (χ0n) is 16.3. The van der Waals surface area contributed by atoms with Crippen LogP contribution in [0.5, 0.6) is 0 Å². The van der Waals surface area contributed by atoms with Crippen LogP contribution in [0.25, 0.3) is 6.08 Å². The molecule has 0 unspecified atom stereocenters. The Morgan fingerprint density at radius 3 is 2.37 bits per heavy atom. The first-order valence-electron chi connectivity index (χ1n) is 9.31. The Morgan fingerprint density at radius 1 is 1.19 bits per heavy atom. The summed E-state index contributed by atoms with van der Waals surface area (Å²) in [5.74, 6) is -0.669. The van der Waals surface area contributed by atoms with Crippen molar-refractivity contribution in [2.24, 2.45) is 5.92 Å². The lowest BCUT2D eigenvalue weighted by molar-refractivity contribution is -0.150. The number of benzene rings is 1. The van der Waals surface area contributed by atoms with Crippen LogP contribution in [0.2, 0.25) is 0 Å². The van der Waals surface area contributed by atoms with Crippen LogP contribution in [-0.4, -0.2) is 60.4 Å². The highest BCUT2D eigenvalue weighted by Crippen LogP contribution is 2.21. The molecule has 0 aliphatic carbocycles. The van der Waals surface area contributed by atoms with Crippen LogP contribution >= 0.6 is 0 Å². The predicted molar refractivity (Wildman–Crippen MR) is 104 cm³/mol. The van der Waals surface area contributed by atoms with Crippen molar-refractivity contribution in [3.05, 3.63) is 42.0 Å². The van der Waals surface area contributed by atoms with Crippen LogP contribution < -0.4 is 0 Å². The highest BCUT2D eigenvalue weighted by molar-refractivity contribution is 5.92. The Morgan fingerprint density at radius 2 is 1.81 bits per heavy atom. The molecule has 6 nitrogen and oxygen atoms in total. The number of ether oxygens (including phenoxy) is 1. The molecule has 0 bridgehead atoms. The van der Waals surface area contributed by atoms with Gasteiger partial charge in [-0.2, -0.15) is 0 Å². The Kier molecular flexibility index (Phi) is 7.58. The highest BCUT2D eigenvalue weighted by atomic mass is 16.5. The molecule has 27 heavy (non-hydrogen) atoms. The van der Waals surface area contributed by atoms with Gasteiger partial charge in [0.1, 0.15) is 6.54 Å². The van der Waals surface area contributed by atoms with Gasteiger partial charge in [-0.25, -0.2) is 0 Å². The van der Waals surface area contributed by atoms with E-state index < -0.39 is 5.97 Å². The SMILES string of the molecule is COC(=O)CN(C(=O)C1CCN(C(=O)/C=C/c2ccccc2)CC1)C(C)C. The number of esters is 1. The number of carbonyl (C=O) groups excluding carboxylic acids is 3. The zero-order chi connectivity index (χ0) is 19.8. The molecule has 6 heteroatoms.